The molecule has 1 aromatic heterocycles. The van der Waals surface area contributed by atoms with Crippen molar-refractivity contribution in [3.8, 4) is 0 Å². The van der Waals surface area contributed by atoms with Crippen molar-refractivity contribution in [1.29, 1.82) is 0 Å². The lowest BCUT2D eigenvalue weighted by atomic mass is 10.1. The number of carbonyl (C=O) groups is 1. The fraction of sp³-hybridized carbons (Fsp3) is 0.125. The minimum atomic E-state index is -0.425. The number of nitrogens with zero attached hydrogens (tertiary/aromatic N) is 2. The van der Waals surface area contributed by atoms with E-state index in [1.54, 1.807) is 24.5 Å². The van der Waals surface area contributed by atoms with E-state index in [4.69, 9.17) is 0 Å². The Balaban J connectivity index is 2.31. The molecule has 2 heterocycles. The molecular weight excluding hydrogens is 156 g/mol. The van der Waals surface area contributed by atoms with Crippen LogP contribution in [0.3, 0.4) is 0 Å². The highest BCUT2D eigenvalue weighted by Gasteiger charge is 2.25. The topological polar surface area (TPSA) is 52.1 Å². The first-order valence-electron chi connectivity index (χ1n) is 3.52. The van der Waals surface area contributed by atoms with E-state index in [9.17, 15) is 4.79 Å². The molecule has 1 unspecified atom stereocenters. The zero-order valence-corrected chi connectivity index (χ0v) is 6.18. The third kappa shape index (κ3) is 1.07. The number of hydrogen-bond donors (Lipinski definition) is 0. The summed E-state index contributed by atoms with van der Waals surface area (Å²) >= 11 is 0. The van der Waals surface area contributed by atoms with Crippen molar-refractivity contribution in [2.24, 2.45) is 0 Å². The summed E-state index contributed by atoms with van der Waals surface area (Å²) in [6, 6.07) is 1.70. The van der Waals surface area contributed by atoms with Gasteiger partial charge >= 0.3 is 5.97 Å². The summed E-state index contributed by atoms with van der Waals surface area (Å²) in [6.45, 7) is 0. The molecule has 0 aliphatic carbocycles. The first-order valence-corrected chi connectivity index (χ1v) is 3.52. The molecule has 4 heteroatoms. The van der Waals surface area contributed by atoms with E-state index in [2.05, 4.69) is 14.7 Å². The van der Waals surface area contributed by atoms with Crippen LogP contribution in [0.15, 0.2) is 30.8 Å². The van der Waals surface area contributed by atoms with Gasteiger partial charge in [0.2, 0.25) is 0 Å². The maximum Gasteiger partial charge on any atom is 0.325 e. The molecule has 1 atom stereocenters. The zero-order chi connectivity index (χ0) is 8.39. The van der Waals surface area contributed by atoms with Crippen LogP contribution >= 0.6 is 0 Å². The quantitative estimate of drug-likeness (QED) is 0.568. The van der Waals surface area contributed by atoms with Gasteiger partial charge in [0.1, 0.15) is 11.7 Å². The summed E-state index contributed by atoms with van der Waals surface area (Å²) < 4.78 is 4.62. The van der Waals surface area contributed by atoms with Crippen molar-refractivity contribution in [3.63, 3.8) is 0 Å². The molecule has 0 saturated heterocycles. The lowest BCUT2D eigenvalue weighted by molar-refractivity contribution is -0.136. The molecule has 2 rings (SSSR count). The third-order valence-corrected chi connectivity index (χ3v) is 1.57. The highest BCUT2D eigenvalue weighted by molar-refractivity contribution is 5.81. The number of aromatic nitrogens is 2. The Hall–Kier alpha value is -1.71. The standard InChI is InChI=1S/C8H6N2O2/c11-8-6(2-5-12-8)7-9-3-1-4-10-7/h1-6H. The second kappa shape index (κ2) is 2.73. The first kappa shape index (κ1) is 6.97. The third-order valence-electron chi connectivity index (χ3n) is 1.57. The number of carbonyl (C=O) groups excluding carboxylic acids is 1. The maximum atomic E-state index is 11.0. The van der Waals surface area contributed by atoms with E-state index in [0.717, 1.165) is 0 Å². The van der Waals surface area contributed by atoms with Crippen molar-refractivity contribution in [2.45, 2.75) is 5.92 Å². The van der Waals surface area contributed by atoms with Gasteiger partial charge in [0, 0.05) is 12.4 Å². The Morgan fingerprint density at radius 3 is 2.67 bits per heavy atom. The van der Waals surface area contributed by atoms with E-state index in [-0.39, 0.29) is 5.97 Å². The van der Waals surface area contributed by atoms with Gasteiger partial charge in [-0.1, -0.05) is 0 Å². The van der Waals surface area contributed by atoms with Crippen molar-refractivity contribution in [2.75, 3.05) is 0 Å². The molecule has 0 radical (unpaired) electrons. The van der Waals surface area contributed by atoms with Gasteiger partial charge in [-0.3, -0.25) is 4.79 Å². The number of rotatable bonds is 1. The molecule has 1 aliphatic rings. The molecule has 0 N–H and O–H groups in total. The van der Waals surface area contributed by atoms with E-state index < -0.39 is 5.92 Å². The second-order valence-electron chi connectivity index (χ2n) is 2.35. The summed E-state index contributed by atoms with van der Waals surface area (Å²) in [5.74, 6) is -0.261. The molecule has 0 aromatic carbocycles. The van der Waals surface area contributed by atoms with Crippen LogP contribution in [0.4, 0.5) is 0 Å². The molecule has 1 aliphatic heterocycles. The van der Waals surface area contributed by atoms with Gasteiger partial charge in [-0.05, 0) is 12.1 Å². The van der Waals surface area contributed by atoms with Gasteiger partial charge in [0.05, 0.1) is 6.26 Å². The maximum absolute atomic E-state index is 11.0. The molecule has 0 spiro atoms. The molecule has 0 bridgehead atoms. The summed E-state index contributed by atoms with van der Waals surface area (Å²) in [4.78, 5) is 18.9. The van der Waals surface area contributed by atoms with Gasteiger partial charge in [-0.2, -0.15) is 0 Å². The Bertz CT molecular complexity index is 321. The monoisotopic (exact) mass is 162 g/mol. The van der Waals surface area contributed by atoms with Gasteiger partial charge in [-0.25, -0.2) is 9.97 Å². The van der Waals surface area contributed by atoms with Crippen LogP contribution < -0.4 is 0 Å². The Kier molecular flexibility index (Phi) is 1.59. The molecule has 4 nitrogen and oxygen atoms in total. The number of cyclic esters (lactones) is 1. The van der Waals surface area contributed by atoms with Gasteiger partial charge in [0.25, 0.3) is 0 Å². The predicted molar refractivity (Wildman–Crippen MR) is 40.0 cm³/mol. The van der Waals surface area contributed by atoms with Crippen molar-refractivity contribution >= 4 is 5.97 Å². The lowest BCUT2D eigenvalue weighted by Crippen LogP contribution is -2.09. The fourth-order valence-electron chi connectivity index (χ4n) is 0.999. The summed E-state index contributed by atoms with van der Waals surface area (Å²) in [7, 11) is 0. The SMILES string of the molecule is O=C1OC=CC1c1ncccn1. The molecule has 60 valence electrons. The summed E-state index contributed by atoms with van der Waals surface area (Å²) in [6.07, 6.45) is 6.20. The normalized spacial score (nSPS) is 21.0. The van der Waals surface area contributed by atoms with Crippen molar-refractivity contribution in [3.05, 3.63) is 36.6 Å². The number of esters is 1. The van der Waals surface area contributed by atoms with E-state index in [1.807, 2.05) is 0 Å². The molecule has 12 heavy (non-hydrogen) atoms. The minimum Gasteiger partial charge on any atom is -0.434 e. The Labute approximate surface area is 68.9 Å². The number of hydrogen-bond acceptors (Lipinski definition) is 4. The molecule has 0 saturated carbocycles. The van der Waals surface area contributed by atoms with Crippen LogP contribution in [0.25, 0.3) is 0 Å². The number of ether oxygens (including phenoxy) is 1. The average molecular weight is 162 g/mol. The van der Waals surface area contributed by atoms with Gasteiger partial charge < -0.3 is 4.74 Å². The first-order chi connectivity index (χ1) is 5.88. The largest absolute Gasteiger partial charge is 0.434 e. The van der Waals surface area contributed by atoms with Crippen molar-refractivity contribution in [1.82, 2.24) is 9.97 Å². The Morgan fingerprint density at radius 2 is 2.08 bits per heavy atom. The zero-order valence-electron chi connectivity index (χ0n) is 6.18. The minimum absolute atomic E-state index is 0.318. The van der Waals surface area contributed by atoms with Gasteiger partial charge in [0.15, 0.2) is 0 Å². The van der Waals surface area contributed by atoms with Crippen LogP contribution in [0, 0.1) is 0 Å². The van der Waals surface area contributed by atoms with Crippen LogP contribution in [0.2, 0.25) is 0 Å². The molecular formula is C8H6N2O2. The van der Waals surface area contributed by atoms with Crippen LogP contribution in [0.1, 0.15) is 11.7 Å². The Morgan fingerprint density at radius 1 is 1.33 bits per heavy atom. The predicted octanol–water partition coefficient (Wildman–Crippen LogP) is 0.631. The van der Waals surface area contributed by atoms with Crippen LogP contribution in [-0.4, -0.2) is 15.9 Å². The lowest BCUT2D eigenvalue weighted by Gasteiger charge is -2.00. The van der Waals surface area contributed by atoms with Crippen LogP contribution in [-0.2, 0) is 9.53 Å². The van der Waals surface area contributed by atoms with Crippen LogP contribution in [0.5, 0.6) is 0 Å². The van der Waals surface area contributed by atoms with Gasteiger partial charge in [-0.15, -0.1) is 0 Å². The van der Waals surface area contributed by atoms with E-state index in [1.165, 1.54) is 6.26 Å². The molecule has 0 fully saturated rings. The highest BCUT2D eigenvalue weighted by atomic mass is 16.5. The second-order valence-corrected chi connectivity index (χ2v) is 2.35. The van der Waals surface area contributed by atoms with E-state index in [0.29, 0.717) is 5.82 Å². The van der Waals surface area contributed by atoms with E-state index >= 15 is 0 Å². The smallest absolute Gasteiger partial charge is 0.325 e. The summed E-state index contributed by atoms with van der Waals surface area (Å²) in [5.41, 5.74) is 0. The molecule has 1 aromatic rings. The van der Waals surface area contributed by atoms with Crippen molar-refractivity contribution < 1.29 is 9.53 Å². The fourth-order valence-corrected chi connectivity index (χ4v) is 0.999. The molecule has 0 amide bonds. The summed E-state index contributed by atoms with van der Waals surface area (Å²) in [5, 5.41) is 0. The average Bonchev–Trinajstić information content (AvgIpc) is 2.53. The highest BCUT2D eigenvalue weighted by Crippen LogP contribution is 2.19.